The van der Waals surface area contributed by atoms with Crippen molar-refractivity contribution in [3.05, 3.63) is 0 Å². The maximum absolute atomic E-state index is 4.52. The van der Waals surface area contributed by atoms with Crippen LogP contribution in [-0.4, -0.2) is 43.5 Å². The van der Waals surface area contributed by atoms with Crippen molar-refractivity contribution < 1.29 is 0 Å². The summed E-state index contributed by atoms with van der Waals surface area (Å²) >= 11 is 0. The van der Waals surface area contributed by atoms with E-state index in [0.717, 1.165) is 12.4 Å². The molecule has 0 aliphatic rings. The highest BCUT2D eigenvalue weighted by Gasteiger charge is 2.01. The van der Waals surface area contributed by atoms with Gasteiger partial charge >= 0.3 is 0 Å². The average molecular weight is 185 g/mol. The molecule has 0 spiro atoms. The van der Waals surface area contributed by atoms with Crippen LogP contribution in [0.5, 0.6) is 0 Å². The zero-order valence-electron chi connectivity index (χ0n) is 9.76. The Morgan fingerprint density at radius 2 is 1.85 bits per heavy atom. The largest absolute Gasteiger partial charge is 0.372 e. The van der Waals surface area contributed by atoms with E-state index in [2.05, 4.69) is 50.1 Å². The van der Waals surface area contributed by atoms with Gasteiger partial charge in [0.1, 0.15) is 0 Å². The fourth-order valence-electron chi connectivity index (χ4n) is 1.35. The average Bonchev–Trinajstić information content (AvgIpc) is 1.80. The minimum atomic E-state index is 0.362. The van der Waals surface area contributed by atoms with Gasteiger partial charge in [-0.2, -0.15) is 0 Å². The molecule has 0 aromatic carbocycles. The molecule has 1 atom stereocenters. The van der Waals surface area contributed by atoms with Gasteiger partial charge in [0.15, 0.2) is 0 Å². The van der Waals surface area contributed by atoms with Crippen LogP contribution in [0.1, 0.15) is 27.7 Å². The van der Waals surface area contributed by atoms with Crippen molar-refractivity contribution in [1.29, 1.82) is 0 Å². The van der Waals surface area contributed by atoms with Crippen LogP contribution >= 0.6 is 0 Å². The first-order valence-electron chi connectivity index (χ1n) is 4.87. The summed E-state index contributed by atoms with van der Waals surface area (Å²) in [5, 5.41) is 3.28. The van der Waals surface area contributed by atoms with E-state index < -0.39 is 0 Å². The highest BCUT2D eigenvalue weighted by molar-refractivity contribution is 5.79. The first-order valence-corrected chi connectivity index (χ1v) is 4.87. The zero-order valence-corrected chi connectivity index (χ0v) is 9.76. The molecule has 0 aromatic heterocycles. The standard InChI is InChI=1S/C10H23N3/c1-8(2)11-10(4)12-9(3)7-13(5)6/h8-9H,7H2,1-6H3,(H,11,12). The number of aliphatic imine (C=N–C) groups is 1. The summed E-state index contributed by atoms with van der Waals surface area (Å²) in [6.45, 7) is 9.39. The van der Waals surface area contributed by atoms with E-state index in [4.69, 9.17) is 0 Å². The van der Waals surface area contributed by atoms with Crippen LogP contribution in [0.4, 0.5) is 0 Å². The highest BCUT2D eigenvalue weighted by Crippen LogP contribution is 1.92. The molecule has 1 N–H and O–H groups in total. The SMILES string of the molecule is CC(=NC(C)CN(C)C)NC(C)C. The number of hydrogen-bond acceptors (Lipinski definition) is 2. The molecule has 1 unspecified atom stereocenters. The monoisotopic (exact) mass is 185 g/mol. The second-order valence-corrected chi connectivity index (χ2v) is 4.12. The van der Waals surface area contributed by atoms with Crippen molar-refractivity contribution in [2.75, 3.05) is 20.6 Å². The van der Waals surface area contributed by atoms with E-state index in [1.54, 1.807) is 0 Å². The number of hydrogen-bond donors (Lipinski definition) is 1. The Morgan fingerprint density at radius 1 is 1.31 bits per heavy atom. The quantitative estimate of drug-likeness (QED) is 0.529. The van der Waals surface area contributed by atoms with Crippen LogP contribution < -0.4 is 5.32 Å². The molecule has 0 saturated carbocycles. The summed E-state index contributed by atoms with van der Waals surface area (Å²) in [4.78, 5) is 6.67. The van der Waals surface area contributed by atoms with Crippen molar-refractivity contribution in [3.63, 3.8) is 0 Å². The molecule has 3 heteroatoms. The van der Waals surface area contributed by atoms with Gasteiger partial charge in [-0.3, -0.25) is 4.99 Å². The van der Waals surface area contributed by atoms with Gasteiger partial charge in [0.2, 0.25) is 0 Å². The second-order valence-electron chi connectivity index (χ2n) is 4.12. The Bertz CT molecular complexity index is 162. The van der Waals surface area contributed by atoms with Crippen LogP contribution in [0.15, 0.2) is 4.99 Å². The highest BCUT2D eigenvalue weighted by atomic mass is 15.1. The van der Waals surface area contributed by atoms with Crippen LogP contribution in [0.2, 0.25) is 0 Å². The molecule has 0 radical (unpaired) electrons. The minimum absolute atomic E-state index is 0.362. The van der Waals surface area contributed by atoms with Crippen molar-refractivity contribution in [3.8, 4) is 0 Å². The van der Waals surface area contributed by atoms with Crippen molar-refractivity contribution in [2.24, 2.45) is 4.99 Å². The Kier molecular flexibility index (Phi) is 5.71. The lowest BCUT2D eigenvalue weighted by Crippen LogP contribution is -2.30. The van der Waals surface area contributed by atoms with E-state index in [1.165, 1.54) is 0 Å². The van der Waals surface area contributed by atoms with Gasteiger partial charge in [0.05, 0.1) is 11.9 Å². The molecule has 0 aromatic rings. The maximum Gasteiger partial charge on any atom is 0.0937 e. The van der Waals surface area contributed by atoms with Gasteiger partial charge in [-0.1, -0.05) is 0 Å². The van der Waals surface area contributed by atoms with Crippen molar-refractivity contribution in [2.45, 2.75) is 39.8 Å². The smallest absolute Gasteiger partial charge is 0.0937 e. The predicted octanol–water partition coefficient (Wildman–Crippen LogP) is 1.35. The van der Waals surface area contributed by atoms with Gasteiger partial charge in [0.25, 0.3) is 0 Å². The second kappa shape index (κ2) is 5.97. The maximum atomic E-state index is 4.52. The number of amidine groups is 1. The van der Waals surface area contributed by atoms with Crippen LogP contribution in [0, 0.1) is 0 Å². The summed E-state index contributed by atoms with van der Waals surface area (Å²) in [5.74, 6) is 1.03. The fraction of sp³-hybridized carbons (Fsp3) is 0.900. The zero-order chi connectivity index (χ0) is 10.4. The molecular formula is C10H23N3. The molecule has 0 heterocycles. The molecular weight excluding hydrogens is 162 g/mol. The summed E-state index contributed by atoms with van der Waals surface area (Å²) in [6, 6.07) is 0.830. The minimum Gasteiger partial charge on any atom is -0.372 e. The lowest BCUT2D eigenvalue weighted by atomic mass is 10.3. The lowest BCUT2D eigenvalue weighted by Gasteiger charge is -2.15. The molecule has 78 valence electrons. The predicted molar refractivity (Wildman–Crippen MR) is 59.4 cm³/mol. The van der Waals surface area contributed by atoms with E-state index >= 15 is 0 Å². The number of nitrogens with one attached hydrogen (secondary N) is 1. The van der Waals surface area contributed by atoms with Gasteiger partial charge in [-0.15, -0.1) is 0 Å². The van der Waals surface area contributed by atoms with Gasteiger partial charge in [-0.25, -0.2) is 0 Å². The van der Waals surface area contributed by atoms with E-state index in [1.807, 2.05) is 6.92 Å². The lowest BCUT2D eigenvalue weighted by molar-refractivity contribution is 0.383. The molecule has 13 heavy (non-hydrogen) atoms. The molecule has 0 bridgehead atoms. The third-order valence-corrected chi connectivity index (χ3v) is 1.54. The molecule has 0 saturated heterocycles. The molecule has 0 aliphatic heterocycles. The summed E-state index contributed by atoms with van der Waals surface area (Å²) in [5.41, 5.74) is 0. The molecule has 0 rings (SSSR count). The van der Waals surface area contributed by atoms with Gasteiger partial charge in [0, 0.05) is 12.6 Å². The van der Waals surface area contributed by atoms with Gasteiger partial charge in [-0.05, 0) is 41.8 Å². The third kappa shape index (κ3) is 7.78. The van der Waals surface area contributed by atoms with E-state index in [-0.39, 0.29) is 0 Å². The van der Waals surface area contributed by atoms with Gasteiger partial charge < -0.3 is 10.2 Å². The van der Waals surface area contributed by atoms with Crippen LogP contribution in [0.3, 0.4) is 0 Å². The van der Waals surface area contributed by atoms with Crippen LogP contribution in [-0.2, 0) is 0 Å². The number of likely N-dealkylation sites (N-methyl/N-ethyl adjacent to an activating group) is 1. The molecule has 0 fully saturated rings. The number of rotatable bonds is 4. The molecule has 3 nitrogen and oxygen atoms in total. The fourth-order valence-corrected chi connectivity index (χ4v) is 1.35. The Hall–Kier alpha value is -0.570. The van der Waals surface area contributed by atoms with E-state index in [9.17, 15) is 0 Å². The summed E-state index contributed by atoms with van der Waals surface area (Å²) in [6.07, 6.45) is 0. The topological polar surface area (TPSA) is 27.6 Å². The third-order valence-electron chi connectivity index (χ3n) is 1.54. The molecule has 0 aliphatic carbocycles. The van der Waals surface area contributed by atoms with Crippen molar-refractivity contribution in [1.82, 2.24) is 10.2 Å². The van der Waals surface area contributed by atoms with Crippen molar-refractivity contribution >= 4 is 5.84 Å². The number of nitrogens with zero attached hydrogens (tertiary/aromatic N) is 2. The molecule has 0 amide bonds. The first-order chi connectivity index (χ1) is 5.91. The van der Waals surface area contributed by atoms with Crippen LogP contribution in [0.25, 0.3) is 0 Å². The Balaban J connectivity index is 3.91. The normalized spacial score (nSPS) is 15.2. The van der Waals surface area contributed by atoms with E-state index in [0.29, 0.717) is 12.1 Å². The Morgan fingerprint density at radius 3 is 2.23 bits per heavy atom. The Labute approximate surface area is 82.2 Å². The summed E-state index contributed by atoms with van der Waals surface area (Å²) in [7, 11) is 4.13. The summed E-state index contributed by atoms with van der Waals surface area (Å²) < 4.78 is 0. The first kappa shape index (κ1) is 12.4.